The van der Waals surface area contributed by atoms with Crippen LogP contribution < -0.4 is 14.8 Å². The van der Waals surface area contributed by atoms with E-state index in [1.54, 1.807) is 18.2 Å². The molecule has 5 nitrogen and oxygen atoms in total. The van der Waals surface area contributed by atoms with Crippen LogP contribution in [-0.2, 0) is 4.79 Å². The van der Waals surface area contributed by atoms with Crippen molar-refractivity contribution in [1.82, 2.24) is 5.32 Å². The van der Waals surface area contributed by atoms with Crippen molar-refractivity contribution in [2.75, 3.05) is 6.79 Å². The second-order valence-corrected chi connectivity index (χ2v) is 5.44. The molecule has 0 atom stereocenters. The van der Waals surface area contributed by atoms with Crippen LogP contribution in [0.4, 0.5) is 0 Å². The molecule has 2 aromatic carbocycles. The first-order valence-electron chi connectivity index (χ1n) is 6.97. The van der Waals surface area contributed by atoms with E-state index >= 15 is 0 Å². The number of ether oxygens (including phenoxy) is 2. The van der Waals surface area contributed by atoms with E-state index in [-0.39, 0.29) is 12.7 Å². The van der Waals surface area contributed by atoms with Gasteiger partial charge >= 0.3 is 0 Å². The third kappa shape index (κ3) is 2.55. The molecule has 0 aliphatic carbocycles. The highest BCUT2D eigenvalue weighted by Crippen LogP contribution is 2.33. The van der Waals surface area contributed by atoms with E-state index < -0.39 is 0 Å². The van der Waals surface area contributed by atoms with Crippen LogP contribution in [0.25, 0.3) is 6.08 Å². The summed E-state index contributed by atoms with van der Waals surface area (Å²) in [6.07, 6.45) is 1.70. The van der Waals surface area contributed by atoms with Gasteiger partial charge in [-0.1, -0.05) is 29.8 Å². The number of hydrogen-bond acceptors (Lipinski definition) is 4. The third-order valence-corrected chi connectivity index (χ3v) is 3.86. The van der Waals surface area contributed by atoms with Gasteiger partial charge in [0.25, 0.3) is 5.91 Å². The molecule has 0 saturated heterocycles. The summed E-state index contributed by atoms with van der Waals surface area (Å²) in [6, 6.07) is 12.7. The number of amides is 1. The number of halogens is 1. The lowest BCUT2D eigenvalue weighted by Gasteiger charge is -2.01. The largest absolute Gasteiger partial charge is 0.454 e. The van der Waals surface area contributed by atoms with Gasteiger partial charge in [-0.25, -0.2) is 4.99 Å². The molecule has 0 saturated carbocycles. The third-order valence-electron chi connectivity index (χ3n) is 3.53. The SMILES string of the molecule is O=C1NC(c2ccccc2Cl)=N/C1=C/c1ccc2c(c1)OCO2. The van der Waals surface area contributed by atoms with Gasteiger partial charge in [-0.2, -0.15) is 0 Å². The Kier molecular flexibility index (Phi) is 3.28. The number of amidine groups is 1. The average Bonchev–Trinajstić information content (AvgIpc) is 3.14. The zero-order valence-electron chi connectivity index (χ0n) is 11.9. The molecule has 0 fully saturated rings. The number of rotatable bonds is 2. The predicted octanol–water partition coefficient (Wildman–Crippen LogP) is 2.99. The summed E-state index contributed by atoms with van der Waals surface area (Å²) >= 11 is 6.14. The van der Waals surface area contributed by atoms with Crippen molar-refractivity contribution in [3.05, 3.63) is 64.3 Å². The normalized spacial score (nSPS) is 17.3. The molecule has 4 rings (SSSR count). The summed E-state index contributed by atoms with van der Waals surface area (Å²) in [4.78, 5) is 16.5. The summed E-state index contributed by atoms with van der Waals surface area (Å²) in [6.45, 7) is 0.213. The molecule has 0 unspecified atom stereocenters. The van der Waals surface area contributed by atoms with E-state index in [0.717, 1.165) is 5.56 Å². The van der Waals surface area contributed by atoms with Crippen molar-refractivity contribution in [1.29, 1.82) is 0 Å². The van der Waals surface area contributed by atoms with Crippen molar-refractivity contribution in [2.24, 2.45) is 4.99 Å². The number of aliphatic imine (C=N–C) groups is 1. The fraction of sp³-hybridized carbons (Fsp3) is 0.0588. The van der Waals surface area contributed by atoms with E-state index in [1.165, 1.54) is 0 Å². The van der Waals surface area contributed by atoms with Crippen molar-refractivity contribution < 1.29 is 14.3 Å². The zero-order chi connectivity index (χ0) is 15.8. The van der Waals surface area contributed by atoms with Crippen LogP contribution in [0.1, 0.15) is 11.1 Å². The van der Waals surface area contributed by atoms with Gasteiger partial charge in [0.1, 0.15) is 11.5 Å². The van der Waals surface area contributed by atoms with Crippen molar-refractivity contribution in [3.8, 4) is 11.5 Å². The Morgan fingerprint density at radius 1 is 1.13 bits per heavy atom. The number of carbonyl (C=O) groups is 1. The van der Waals surface area contributed by atoms with E-state index in [4.69, 9.17) is 21.1 Å². The first-order valence-corrected chi connectivity index (χ1v) is 7.35. The number of nitrogens with zero attached hydrogens (tertiary/aromatic N) is 1. The van der Waals surface area contributed by atoms with Crippen molar-refractivity contribution in [3.63, 3.8) is 0 Å². The summed E-state index contributed by atoms with van der Waals surface area (Å²) in [5.41, 5.74) is 1.82. The van der Waals surface area contributed by atoms with Crippen LogP contribution in [0, 0.1) is 0 Å². The molecular formula is C17H11ClN2O3. The maximum atomic E-state index is 12.1. The Morgan fingerprint density at radius 2 is 1.96 bits per heavy atom. The van der Waals surface area contributed by atoms with Gasteiger partial charge in [0.15, 0.2) is 11.5 Å². The second kappa shape index (κ2) is 5.44. The maximum Gasteiger partial charge on any atom is 0.275 e. The average molecular weight is 327 g/mol. The fourth-order valence-electron chi connectivity index (χ4n) is 2.41. The lowest BCUT2D eigenvalue weighted by molar-refractivity contribution is -0.115. The van der Waals surface area contributed by atoms with Crippen LogP contribution in [0.15, 0.2) is 53.2 Å². The topological polar surface area (TPSA) is 59.9 Å². The highest BCUT2D eigenvalue weighted by atomic mass is 35.5. The first-order chi connectivity index (χ1) is 11.2. The number of nitrogens with one attached hydrogen (secondary N) is 1. The van der Waals surface area contributed by atoms with E-state index in [9.17, 15) is 4.79 Å². The molecule has 23 heavy (non-hydrogen) atoms. The molecule has 2 aliphatic rings. The fourth-order valence-corrected chi connectivity index (χ4v) is 2.64. The van der Waals surface area contributed by atoms with Gasteiger partial charge in [-0.3, -0.25) is 4.79 Å². The first kappa shape index (κ1) is 13.8. The van der Waals surface area contributed by atoms with Gasteiger partial charge < -0.3 is 14.8 Å². The number of carbonyl (C=O) groups excluding carboxylic acids is 1. The molecule has 2 heterocycles. The van der Waals surface area contributed by atoms with Gasteiger partial charge in [-0.05, 0) is 35.9 Å². The number of fused-ring (bicyclic) bond motifs is 1. The minimum absolute atomic E-state index is 0.213. The van der Waals surface area contributed by atoms with Crippen molar-refractivity contribution >= 4 is 29.4 Å². The van der Waals surface area contributed by atoms with E-state index in [0.29, 0.717) is 33.6 Å². The Bertz CT molecular complexity index is 874. The van der Waals surface area contributed by atoms with Crippen molar-refractivity contribution in [2.45, 2.75) is 0 Å². The Morgan fingerprint density at radius 3 is 2.83 bits per heavy atom. The summed E-state index contributed by atoms with van der Waals surface area (Å²) in [7, 11) is 0. The Balaban J connectivity index is 1.69. The highest BCUT2D eigenvalue weighted by molar-refractivity contribution is 6.35. The summed E-state index contributed by atoms with van der Waals surface area (Å²) < 4.78 is 10.6. The Hall–Kier alpha value is -2.79. The van der Waals surface area contributed by atoms with Gasteiger partial charge in [0, 0.05) is 5.56 Å². The van der Waals surface area contributed by atoms with E-state index in [1.807, 2.05) is 30.3 Å². The molecule has 2 aromatic rings. The molecule has 0 radical (unpaired) electrons. The molecule has 6 heteroatoms. The molecule has 0 bridgehead atoms. The van der Waals surface area contributed by atoms with Gasteiger partial charge in [-0.15, -0.1) is 0 Å². The smallest absolute Gasteiger partial charge is 0.275 e. The summed E-state index contributed by atoms with van der Waals surface area (Å²) in [5.74, 6) is 1.54. The molecule has 114 valence electrons. The monoisotopic (exact) mass is 326 g/mol. The standard InChI is InChI=1S/C17H11ClN2O3/c18-12-4-2-1-3-11(12)16-19-13(17(21)20-16)7-10-5-6-14-15(8-10)23-9-22-14/h1-8H,9H2,(H,19,20,21)/b13-7+. The van der Waals surface area contributed by atoms with Crippen LogP contribution in [-0.4, -0.2) is 18.5 Å². The van der Waals surface area contributed by atoms with Gasteiger partial charge in [0.05, 0.1) is 5.02 Å². The van der Waals surface area contributed by atoms with Crippen LogP contribution in [0.2, 0.25) is 5.02 Å². The Labute approximate surface area is 137 Å². The van der Waals surface area contributed by atoms with Crippen LogP contribution >= 0.6 is 11.6 Å². The molecule has 1 N–H and O–H groups in total. The predicted molar refractivity (Wildman–Crippen MR) is 86.7 cm³/mol. The number of hydrogen-bond donors (Lipinski definition) is 1. The minimum Gasteiger partial charge on any atom is -0.454 e. The lowest BCUT2D eigenvalue weighted by Crippen LogP contribution is -2.24. The molecule has 0 spiro atoms. The lowest BCUT2D eigenvalue weighted by atomic mass is 10.1. The molecular weight excluding hydrogens is 316 g/mol. The van der Waals surface area contributed by atoms with Gasteiger partial charge in [0.2, 0.25) is 6.79 Å². The highest BCUT2D eigenvalue weighted by Gasteiger charge is 2.22. The maximum absolute atomic E-state index is 12.1. The van der Waals surface area contributed by atoms with Crippen LogP contribution in [0.3, 0.4) is 0 Å². The van der Waals surface area contributed by atoms with E-state index in [2.05, 4.69) is 10.3 Å². The summed E-state index contributed by atoms with van der Waals surface area (Å²) in [5, 5.41) is 3.27. The van der Waals surface area contributed by atoms with Crippen LogP contribution in [0.5, 0.6) is 11.5 Å². The minimum atomic E-state index is -0.266. The quantitative estimate of drug-likeness (QED) is 0.863. The zero-order valence-corrected chi connectivity index (χ0v) is 12.6. The number of benzene rings is 2. The molecule has 1 amide bonds. The second-order valence-electron chi connectivity index (χ2n) is 5.04. The molecule has 0 aromatic heterocycles. The molecule has 2 aliphatic heterocycles.